The van der Waals surface area contributed by atoms with E-state index >= 15 is 0 Å². The average molecular weight is 696 g/mol. The molecule has 48 heavy (non-hydrogen) atoms. The van der Waals surface area contributed by atoms with Gasteiger partial charge in [0.2, 0.25) is 0 Å². The number of aromatic amines is 2. The van der Waals surface area contributed by atoms with E-state index in [1.165, 1.54) is 0 Å². The lowest BCUT2D eigenvalue weighted by molar-refractivity contribution is -0.154. The summed E-state index contributed by atoms with van der Waals surface area (Å²) in [6.07, 6.45) is -1.94. The number of fused-ring (bicyclic) bond motifs is 6. The third-order valence-electron chi connectivity index (χ3n) is 8.20. The monoisotopic (exact) mass is 694 g/mol. The number of H-pyrrole nitrogens is 2. The van der Waals surface area contributed by atoms with Gasteiger partial charge in [0.25, 0.3) is 0 Å². The van der Waals surface area contributed by atoms with Crippen LogP contribution in [0.3, 0.4) is 0 Å². The first-order chi connectivity index (χ1) is 23.0. The summed E-state index contributed by atoms with van der Waals surface area (Å²) in [4.78, 5) is 30.9. The molecule has 10 nitrogen and oxygen atoms in total. The summed E-state index contributed by atoms with van der Waals surface area (Å²) in [5.41, 5.74) is 5.38. The highest BCUT2D eigenvalue weighted by molar-refractivity contribution is 6.32. The number of carbonyl (C=O) groups excluding carboxylic acids is 2. The number of aliphatic hydroxyl groups is 4. The van der Waals surface area contributed by atoms with Gasteiger partial charge in [0.15, 0.2) is 0 Å². The van der Waals surface area contributed by atoms with Gasteiger partial charge >= 0.3 is 11.9 Å². The van der Waals surface area contributed by atoms with Crippen LogP contribution in [0.2, 0.25) is 10.0 Å². The van der Waals surface area contributed by atoms with Crippen molar-refractivity contribution in [2.75, 3.05) is 26.4 Å². The van der Waals surface area contributed by atoms with E-state index in [9.17, 15) is 14.7 Å². The zero-order valence-corrected chi connectivity index (χ0v) is 27.8. The van der Waals surface area contributed by atoms with Crippen molar-refractivity contribution in [2.24, 2.45) is 0 Å². The highest BCUT2D eigenvalue weighted by Crippen LogP contribution is 2.32. The highest BCUT2D eigenvalue weighted by atomic mass is 35.5. The number of carbonyl (C=O) groups is 2. The van der Waals surface area contributed by atoms with Gasteiger partial charge < -0.3 is 39.9 Å². The van der Waals surface area contributed by atoms with Gasteiger partial charge in [0, 0.05) is 53.7 Å². The summed E-state index contributed by atoms with van der Waals surface area (Å²) < 4.78 is 10.1. The molecule has 0 amide bonds. The lowest BCUT2D eigenvalue weighted by Crippen LogP contribution is -2.27. The van der Waals surface area contributed by atoms with Crippen LogP contribution in [0.5, 0.6) is 0 Å². The number of ether oxygens (including phenoxy) is 2. The molecule has 6 aromatic rings. The van der Waals surface area contributed by atoms with Gasteiger partial charge in [0.1, 0.15) is 18.8 Å². The minimum Gasteiger partial charge on any atom is -0.462 e. The van der Waals surface area contributed by atoms with E-state index in [2.05, 4.69) is 9.97 Å². The Bertz CT molecular complexity index is 2070. The van der Waals surface area contributed by atoms with Gasteiger partial charge in [-0.15, -0.1) is 0 Å². The van der Waals surface area contributed by atoms with Crippen LogP contribution in [-0.4, -0.2) is 81.0 Å². The fourth-order valence-electron chi connectivity index (χ4n) is 5.35. The molecule has 0 aliphatic rings. The van der Waals surface area contributed by atoms with Gasteiger partial charge in [0.05, 0.1) is 31.7 Å². The molecule has 12 heteroatoms. The molecule has 0 bridgehead atoms. The third kappa shape index (κ3) is 7.76. The standard InChI is InChI=1S/2C18H18ClNO4/c1-10(18(23)24-9-13(22)8-21)11-2-4-14-15-7-12(19)3-5-16(15)20-17(14)6-11;1-10(18(23)24-13(8-21)9-22)11-2-4-14-15-7-12(19)3-5-16(15)20-17(14)6-11/h2*2-7,10,13,20-22H,8-9H2,1H3. The van der Waals surface area contributed by atoms with Crippen molar-refractivity contribution in [3.05, 3.63) is 94.0 Å². The van der Waals surface area contributed by atoms with E-state index in [0.29, 0.717) is 10.0 Å². The first-order valence-corrected chi connectivity index (χ1v) is 16.1. The molecule has 4 aromatic carbocycles. The summed E-state index contributed by atoms with van der Waals surface area (Å²) in [7, 11) is 0. The predicted molar refractivity (Wildman–Crippen MR) is 187 cm³/mol. The molecule has 0 aliphatic carbocycles. The number of nitrogens with one attached hydrogen (secondary N) is 2. The molecular weight excluding hydrogens is 659 g/mol. The predicted octanol–water partition coefficient (Wildman–Crippen LogP) is 5.95. The van der Waals surface area contributed by atoms with E-state index in [0.717, 1.165) is 54.7 Å². The molecule has 6 N–H and O–H groups in total. The van der Waals surface area contributed by atoms with Crippen molar-refractivity contribution in [1.82, 2.24) is 9.97 Å². The zero-order chi connectivity index (χ0) is 34.5. The molecular formula is C36H36Cl2N2O8. The summed E-state index contributed by atoms with van der Waals surface area (Å²) in [6.45, 7) is 2.01. The van der Waals surface area contributed by atoms with Crippen LogP contribution < -0.4 is 0 Å². The Balaban J connectivity index is 0.000000188. The molecule has 252 valence electrons. The van der Waals surface area contributed by atoms with Crippen LogP contribution in [0.1, 0.15) is 36.8 Å². The topological polar surface area (TPSA) is 165 Å². The number of hydrogen-bond acceptors (Lipinski definition) is 8. The second kappa shape index (κ2) is 15.4. The number of aromatic nitrogens is 2. The van der Waals surface area contributed by atoms with E-state index < -0.39 is 55.8 Å². The summed E-state index contributed by atoms with van der Waals surface area (Å²) in [6, 6.07) is 22.8. The van der Waals surface area contributed by atoms with E-state index in [1.54, 1.807) is 13.8 Å². The van der Waals surface area contributed by atoms with Gasteiger partial charge in [-0.1, -0.05) is 47.5 Å². The number of rotatable bonds is 10. The molecule has 2 aromatic heterocycles. The summed E-state index contributed by atoms with van der Waals surface area (Å²) in [5.74, 6) is -1.91. The number of aliphatic hydroxyl groups excluding tert-OH is 4. The fraction of sp³-hybridized carbons (Fsp3) is 0.278. The van der Waals surface area contributed by atoms with Crippen molar-refractivity contribution in [2.45, 2.75) is 37.9 Å². The van der Waals surface area contributed by atoms with Crippen LogP contribution in [-0.2, 0) is 19.1 Å². The molecule has 0 spiro atoms. The van der Waals surface area contributed by atoms with Gasteiger partial charge in [-0.25, -0.2) is 0 Å². The second-order valence-electron chi connectivity index (χ2n) is 11.6. The Hall–Kier alpha value is -4.16. The summed E-state index contributed by atoms with van der Waals surface area (Å²) >= 11 is 12.1. The maximum atomic E-state index is 12.2. The Morgan fingerprint density at radius 3 is 1.58 bits per heavy atom. The number of hydrogen-bond donors (Lipinski definition) is 6. The van der Waals surface area contributed by atoms with E-state index in [4.69, 9.17) is 48.0 Å². The molecule has 0 radical (unpaired) electrons. The molecule has 2 heterocycles. The van der Waals surface area contributed by atoms with Crippen molar-refractivity contribution >= 4 is 78.8 Å². The first-order valence-electron chi connectivity index (χ1n) is 15.3. The third-order valence-corrected chi connectivity index (χ3v) is 8.67. The van der Waals surface area contributed by atoms with Crippen LogP contribution >= 0.6 is 23.2 Å². The normalized spacial score (nSPS) is 13.4. The van der Waals surface area contributed by atoms with Crippen LogP contribution in [0.4, 0.5) is 0 Å². The van der Waals surface area contributed by atoms with Crippen molar-refractivity contribution in [3.8, 4) is 0 Å². The molecule has 3 unspecified atom stereocenters. The smallest absolute Gasteiger partial charge is 0.313 e. The summed E-state index contributed by atoms with van der Waals surface area (Å²) in [5, 5.41) is 41.5. The quantitative estimate of drug-likeness (QED) is 0.0958. The van der Waals surface area contributed by atoms with Crippen molar-refractivity contribution in [1.29, 1.82) is 0 Å². The van der Waals surface area contributed by atoms with Gasteiger partial charge in [-0.2, -0.15) is 0 Å². The van der Waals surface area contributed by atoms with Gasteiger partial charge in [-0.05, 0) is 73.5 Å². The Labute approximate surface area is 285 Å². The number of benzene rings is 4. The van der Waals surface area contributed by atoms with Crippen molar-refractivity contribution in [3.63, 3.8) is 0 Å². The van der Waals surface area contributed by atoms with Crippen LogP contribution in [0, 0.1) is 0 Å². The fourth-order valence-corrected chi connectivity index (χ4v) is 5.70. The van der Waals surface area contributed by atoms with Crippen molar-refractivity contribution < 1.29 is 39.5 Å². The lowest BCUT2D eigenvalue weighted by atomic mass is 9.99. The first kappa shape index (κ1) is 35.2. The number of halogens is 2. The Morgan fingerprint density at radius 1 is 0.646 bits per heavy atom. The van der Waals surface area contributed by atoms with Crippen LogP contribution in [0.15, 0.2) is 72.8 Å². The molecule has 0 fully saturated rings. The zero-order valence-electron chi connectivity index (χ0n) is 26.2. The average Bonchev–Trinajstić information content (AvgIpc) is 3.65. The SMILES string of the molecule is CC(C(=O)OC(CO)CO)c1ccc2c(c1)[nH]c1ccc(Cl)cc12.CC(C(=O)OCC(O)CO)c1ccc2c(c1)[nH]c1ccc(Cl)cc12. The second-order valence-corrected chi connectivity index (χ2v) is 12.4. The maximum Gasteiger partial charge on any atom is 0.313 e. The molecule has 0 saturated heterocycles. The molecule has 6 rings (SSSR count). The van der Waals surface area contributed by atoms with Crippen LogP contribution in [0.25, 0.3) is 43.6 Å². The largest absolute Gasteiger partial charge is 0.462 e. The highest BCUT2D eigenvalue weighted by Gasteiger charge is 2.22. The van der Waals surface area contributed by atoms with E-state index in [1.807, 2.05) is 72.8 Å². The molecule has 3 atom stereocenters. The number of esters is 2. The molecule has 0 aliphatic heterocycles. The Kier molecular flexibility index (Phi) is 11.3. The Morgan fingerprint density at radius 2 is 1.12 bits per heavy atom. The minimum atomic E-state index is -1.05. The minimum absolute atomic E-state index is 0.215. The molecule has 0 saturated carbocycles. The van der Waals surface area contributed by atoms with Gasteiger partial charge in [-0.3, -0.25) is 9.59 Å². The lowest BCUT2D eigenvalue weighted by Gasteiger charge is -2.17. The maximum absolute atomic E-state index is 12.2. The van der Waals surface area contributed by atoms with E-state index in [-0.39, 0.29) is 6.61 Å².